The Labute approximate surface area is 136 Å². The van der Waals surface area contributed by atoms with Crippen molar-refractivity contribution in [3.8, 4) is 0 Å². The summed E-state index contributed by atoms with van der Waals surface area (Å²) in [4.78, 5) is 0.0574. The highest BCUT2D eigenvalue weighted by atomic mass is 35.5. The molecule has 0 aliphatic rings. The van der Waals surface area contributed by atoms with E-state index in [1.807, 2.05) is 0 Å². The van der Waals surface area contributed by atoms with E-state index in [9.17, 15) is 8.42 Å². The molecule has 0 spiro atoms. The van der Waals surface area contributed by atoms with Crippen molar-refractivity contribution < 1.29 is 8.42 Å². The zero-order valence-corrected chi connectivity index (χ0v) is 14.0. The molecule has 0 aliphatic heterocycles. The van der Waals surface area contributed by atoms with Gasteiger partial charge in [-0.2, -0.15) is 0 Å². The van der Waals surface area contributed by atoms with E-state index in [0.29, 0.717) is 19.5 Å². The smallest absolute Gasteiger partial charge is 0.240 e. The highest BCUT2D eigenvalue weighted by molar-refractivity contribution is 7.89. The average Bonchev–Trinajstić information content (AvgIpc) is 2.39. The largest absolute Gasteiger partial charge is 0.330 e. The van der Waals surface area contributed by atoms with Crippen molar-refractivity contribution in [2.75, 3.05) is 26.2 Å². The summed E-state index contributed by atoms with van der Waals surface area (Å²) in [6, 6.07) is 4.17. The van der Waals surface area contributed by atoms with Crippen molar-refractivity contribution in [3.05, 3.63) is 28.2 Å². The van der Waals surface area contributed by atoms with Crippen LogP contribution in [0, 0.1) is 0 Å². The van der Waals surface area contributed by atoms with Gasteiger partial charge in [0.05, 0.1) is 4.90 Å². The molecule has 0 fully saturated rings. The second-order valence-electron chi connectivity index (χ2n) is 4.08. The maximum absolute atomic E-state index is 11.7. The van der Waals surface area contributed by atoms with Crippen LogP contribution in [0.4, 0.5) is 0 Å². The molecule has 0 aliphatic carbocycles. The van der Waals surface area contributed by atoms with Gasteiger partial charge in [-0.15, -0.1) is 0 Å². The van der Waals surface area contributed by atoms with E-state index >= 15 is 0 Å². The third kappa shape index (κ3) is 9.26. The van der Waals surface area contributed by atoms with Crippen LogP contribution in [-0.4, -0.2) is 34.6 Å². The molecule has 6 nitrogen and oxygen atoms in total. The molecule has 1 rings (SSSR count). The lowest BCUT2D eigenvalue weighted by Gasteiger charge is -2.06. The van der Waals surface area contributed by atoms with E-state index < -0.39 is 10.0 Å². The molecule has 0 atom stereocenters. The second-order valence-corrected chi connectivity index (χ2v) is 6.72. The van der Waals surface area contributed by atoms with Crippen LogP contribution in [0.15, 0.2) is 23.1 Å². The number of hydrogen-bond acceptors (Lipinski definition) is 5. The molecule has 0 radical (unpaired) electrons. The van der Waals surface area contributed by atoms with E-state index in [-0.39, 0.29) is 14.9 Å². The first-order chi connectivity index (χ1) is 9.87. The summed E-state index contributed by atoms with van der Waals surface area (Å²) < 4.78 is 25.9. The first-order valence-corrected chi connectivity index (χ1v) is 8.67. The third-order valence-corrected chi connectivity index (χ3v) is 4.10. The summed E-state index contributed by atoms with van der Waals surface area (Å²) in [5, 5.41) is 0.568. The van der Waals surface area contributed by atoms with Crippen molar-refractivity contribution in [2.24, 2.45) is 17.2 Å². The highest BCUT2D eigenvalue weighted by Gasteiger charge is 2.14. The molecular formula is C12H22Cl2N4O2S. The summed E-state index contributed by atoms with van der Waals surface area (Å²) in [6.45, 7) is 2.16. The molecule has 21 heavy (non-hydrogen) atoms. The zero-order valence-electron chi connectivity index (χ0n) is 11.7. The van der Waals surface area contributed by atoms with Crippen molar-refractivity contribution in [1.82, 2.24) is 4.72 Å². The summed E-state index contributed by atoms with van der Waals surface area (Å²) in [6.07, 6.45) is 1.52. The van der Waals surface area contributed by atoms with Crippen LogP contribution in [0.2, 0.25) is 10.0 Å². The van der Waals surface area contributed by atoms with Gasteiger partial charge in [-0.05, 0) is 50.7 Å². The maximum atomic E-state index is 11.7. The molecule has 0 unspecified atom stereocenters. The summed E-state index contributed by atoms with van der Waals surface area (Å²) in [5.41, 5.74) is 15.4. The van der Waals surface area contributed by atoms with Crippen molar-refractivity contribution in [1.29, 1.82) is 0 Å². The fourth-order valence-corrected chi connectivity index (χ4v) is 2.99. The first-order valence-electron chi connectivity index (χ1n) is 6.43. The Morgan fingerprint density at radius 2 is 1.38 bits per heavy atom. The lowest BCUT2D eigenvalue weighted by atomic mass is 10.4. The molecule has 0 bridgehead atoms. The predicted molar refractivity (Wildman–Crippen MR) is 88.0 cm³/mol. The SMILES string of the molecule is NCCCN.NCCCNS(=O)(=O)c1cc(Cl)cc(Cl)c1. The molecule has 122 valence electrons. The Morgan fingerprint density at radius 3 is 1.76 bits per heavy atom. The molecule has 0 amide bonds. The molecule has 1 aromatic carbocycles. The van der Waals surface area contributed by atoms with Gasteiger partial charge in [0.15, 0.2) is 0 Å². The fourth-order valence-electron chi connectivity index (χ4n) is 1.19. The Balaban J connectivity index is 0.000000690. The van der Waals surface area contributed by atoms with Crippen LogP contribution in [0.3, 0.4) is 0 Å². The molecule has 1 aromatic rings. The molecule has 0 aromatic heterocycles. The molecule has 0 saturated heterocycles. The number of nitrogens with two attached hydrogens (primary N) is 3. The minimum absolute atomic E-state index is 0.0574. The first kappa shape index (κ1) is 20.6. The van der Waals surface area contributed by atoms with Crippen molar-refractivity contribution >= 4 is 33.2 Å². The number of sulfonamides is 1. The standard InChI is InChI=1S/C9H12Cl2N2O2S.C3H10N2/c10-7-4-8(11)6-9(5-7)16(14,15)13-3-1-2-12;4-2-1-3-5/h4-6,13H,1-3,12H2;1-5H2. The van der Waals surface area contributed by atoms with Gasteiger partial charge < -0.3 is 17.2 Å². The number of rotatable bonds is 7. The maximum Gasteiger partial charge on any atom is 0.240 e. The van der Waals surface area contributed by atoms with E-state index in [1.165, 1.54) is 18.2 Å². The van der Waals surface area contributed by atoms with Gasteiger partial charge in [-0.25, -0.2) is 13.1 Å². The highest BCUT2D eigenvalue weighted by Crippen LogP contribution is 2.21. The van der Waals surface area contributed by atoms with E-state index in [0.717, 1.165) is 19.5 Å². The van der Waals surface area contributed by atoms with Crippen LogP contribution in [-0.2, 0) is 10.0 Å². The van der Waals surface area contributed by atoms with E-state index in [2.05, 4.69) is 4.72 Å². The minimum Gasteiger partial charge on any atom is -0.330 e. The van der Waals surface area contributed by atoms with Gasteiger partial charge in [0.25, 0.3) is 0 Å². The van der Waals surface area contributed by atoms with E-state index in [4.69, 9.17) is 40.4 Å². The van der Waals surface area contributed by atoms with Crippen LogP contribution in [0.25, 0.3) is 0 Å². The lowest BCUT2D eigenvalue weighted by Crippen LogP contribution is -2.26. The van der Waals surface area contributed by atoms with Gasteiger partial charge in [-0.3, -0.25) is 0 Å². The average molecular weight is 357 g/mol. The summed E-state index contributed by atoms with van der Waals surface area (Å²) >= 11 is 11.4. The number of benzene rings is 1. The Bertz CT molecular complexity index is 490. The summed E-state index contributed by atoms with van der Waals surface area (Å²) in [5.74, 6) is 0. The van der Waals surface area contributed by atoms with Crippen LogP contribution in [0.1, 0.15) is 12.8 Å². The second kappa shape index (κ2) is 11.2. The van der Waals surface area contributed by atoms with E-state index in [1.54, 1.807) is 0 Å². The van der Waals surface area contributed by atoms with Crippen molar-refractivity contribution in [2.45, 2.75) is 17.7 Å². The fraction of sp³-hybridized carbons (Fsp3) is 0.500. The topological polar surface area (TPSA) is 124 Å². The quantitative estimate of drug-likeness (QED) is 0.540. The van der Waals surface area contributed by atoms with Gasteiger partial charge >= 0.3 is 0 Å². The number of nitrogens with one attached hydrogen (secondary N) is 1. The van der Waals surface area contributed by atoms with Gasteiger partial charge in [0, 0.05) is 16.6 Å². The molecule has 7 N–H and O–H groups in total. The predicted octanol–water partition coefficient (Wildman–Crippen LogP) is 0.914. The number of hydrogen-bond donors (Lipinski definition) is 4. The Hall–Kier alpha value is -0.410. The van der Waals surface area contributed by atoms with Gasteiger partial charge in [-0.1, -0.05) is 23.2 Å². The Kier molecular flexibility index (Phi) is 11.0. The third-order valence-electron chi connectivity index (χ3n) is 2.23. The van der Waals surface area contributed by atoms with Crippen molar-refractivity contribution in [3.63, 3.8) is 0 Å². The molecule has 0 heterocycles. The monoisotopic (exact) mass is 356 g/mol. The zero-order chi connectivity index (χ0) is 16.3. The van der Waals surface area contributed by atoms with Gasteiger partial charge in [0.1, 0.15) is 0 Å². The molecule has 9 heteroatoms. The number of halogens is 2. The normalized spacial score (nSPS) is 10.9. The van der Waals surface area contributed by atoms with Gasteiger partial charge in [0.2, 0.25) is 10.0 Å². The Morgan fingerprint density at radius 1 is 0.905 bits per heavy atom. The summed E-state index contributed by atoms with van der Waals surface area (Å²) in [7, 11) is -3.55. The lowest BCUT2D eigenvalue weighted by molar-refractivity contribution is 0.579. The minimum atomic E-state index is -3.55. The van der Waals surface area contributed by atoms with Crippen LogP contribution >= 0.6 is 23.2 Å². The molecular weight excluding hydrogens is 335 g/mol. The van der Waals surface area contributed by atoms with Crippen LogP contribution in [0.5, 0.6) is 0 Å². The van der Waals surface area contributed by atoms with Crippen LogP contribution < -0.4 is 21.9 Å². The molecule has 0 saturated carbocycles.